The van der Waals surface area contributed by atoms with E-state index < -0.39 is 0 Å². The van der Waals surface area contributed by atoms with Crippen LogP contribution in [0.2, 0.25) is 0 Å². The van der Waals surface area contributed by atoms with Crippen LogP contribution in [0.5, 0.6) is 11.5 Å². The third-order valence-electron chi connectivity index (χ3n) is 3.15. The number of Topliss-reactive ketones (excluding diaryl/α,β-unsaturated/α-hetero) is 1. The van der Waals surface area contributed by atoms with Gasteiger partial charge >= 0.3 is 0 Å². The quantitative estimate of drug-likeness (QED) is 0.785. The lowest BCUT2D eigenvalue weighted by Gasteiger charge is -2.19. The molecule has 0 spiro atoms. The number of nitrogens with zero attached hydrogens (tertiary/aromatic N) is 1. The van der Waals surface area contributed by atoms with Crippen molar-refractivity contribution in [3.8, 4) is 11.5 Å². The SMILES string of the molecule is COc1ccc2c(c1)C(=O)/C(=C/c1ccncc1)CO2. The Hall–Kier alpha value is -2.62. The van der Waals surface area contributed by atoms with Gasteiger partial charge in [0.25, 0.3) is 0 Å². The van der Waals surface area contributed by atoms with Gasteiger partial charge in [-0.25, -0.2) is 0 Å². The maximum Gasteiger partial charge on any atom is 0.196 e. The summed E-state index contributed by atoms with van der Waals surface area (Å²) >= 11 is 0. The lowest BCUT2D eigenvalue weighted by Crippen LogP contribution is -2.19. The smallest absolute Gasteiger partial charge is 0.196 e. The number of pyridine rings is 1. The molecule has 0 amide bonds. The molecule has 0 aliphatic carbocycles. The second-order valence-electron chi connectivity index (χ2n) is 4.43. The fourth-order valence-corrected chi connectivity index (χ4v) is 2.10. The topological polar surface area (TPSA) is 48.4 Å². The minimum Gasteiger partial charge on any atom is -0.497 e. The maximum absolute atomic E-state index is 12.5. The summed E-state index contributed by atoms with van der Waals surface area (Å²) in [4.78, 5) is 16.4. The van der Waals surface area contributed by atoms with E-state index in [-0.39, 0.29) is 12.4 Å². The van der Waals surface area contributed by atoms with E-state index in [0.717, 1.165) is 5.56 Å². The third kappa shape index (κ3) is 2.28. The first-order valence-electron chi connectivity index (χ1n) is 6.24. The molecular formula is C16H13NO3. The molecule has 0 N–H and O–H groups in total. The second kappa shape index (κ2) is 5.17. The van der Waals surface area contributed by atoms with Gasteiger partial charge in [-0.15, -0.1) is 0 Å². The molecule has 0 bridgehead atoms. The van der Waals surface area contributed by atoms with Crippen LogP contribution in [0.3, 0.4) is 0 Å². The Kier molecular flexibility index (Phi) is 3.21. The molecule has 1 aromatic carbocycles. The highest BCUT2D eigenvalue weighted by molar-refractivity contribution is 6.14. The lowest BCUT2D eigenvalue weighted by molar-refractivity contribution is 0.100. The summed E-state index contributed by atoms with van der Waals surface area (Å²) in [5.74, 6) is 1.22. The molecule has 0 saturated heterocycles. The fourth-order valence-electron chi connectivity index (χ4n) is 2.10. The average Bonchev–Trinajstić information content (AvgIpc) is 2.51. The van der Waals surface area contributed by atoms with Gasteiger partial charge in [-0.1, -0.05) is 0 Å². The van der Waals surface area contributed by atoms with Crippen LogP contribution in [0.1, 0.15) is 15.9 Å². The van der Waals surface area contributed by atoms with Crippen molar-refractivity contribution >= 4 is 11.9 Å². The summed E-state index contributed by atoms with van der Waals surface area (Å²) in [5.41, 5.74) is 2.09. The molecule has 3 rings (SSSR count). The van der Waals surface area contributed by atoms with E-state index in [1.807, 2.05) is 18.2 Å². The van der Waals surface area contributed by atoms with Gasteiger partial charge in [-0.05, 0) is 42.0 Å². The summed E-state index contributed by atoms with van der Waals surface area (Å²) in [5, 5.41) is 0. The van der Waals surface area contributed by atoms with Gasteiger partial charge in [0.05, 0.1) is 12.7 Å². The zero-order valence-corrected chi connectivity index (χ0v) is 11.0. The third-order valence-corrected chi connectivity index (χ3v) is 3.15. The molecule has 1 aromatic heterocycles. The molecule has 4 heteroatoms. The number of hydrogen-bond donors (Lipinski definition) is 0. The molecule has 100 valence electrons. The van der Waals surface area contributed by atoms with E-state index in [1.54, 1.807) is 37.7 Å². The van der Waals surface area contributed by atoms with Gasteiger partial charge in [-0.3, -0.25) is 9.78 Å². The zero-order chi connectivity index (χ0) is 13.9. The predicted molar refractivity (Wildman–Crippen MR) is 75.0 cm³/mol. The van der Waals surface area contributed by atoms with E-state index in [4.69, 9.17) is 9.47 Å². The first-order chi connectivity index (χ1) is 9.78. The van der Waals surface area contributed by atoms with E-state index in [0.29, 0.717) is 22.6 Å². The van der Waals surface area contributed by atoms with Crippen LogP contribution in [-0.2, 0) is 0 Å². The number of carbonyl (C=O) groups excluding carboxylic acids is 1. The maximum atomic E-state index is 12.5. The zero-order valence-electron chi connectivity index (χ0n) is 11.0. The van der Waals surface area contributed by atoms with Crippen molar-refractivity contribution in [1.29, 1.82) is 0 Å². The van der Waals surface area contributed by atoms with Crippen LogP contribution < -0.4 is 9.47 Å². The first kappa shape index (κ1) is 12.4. The van der Waals surface area contributed by atoms with Crippen molar-refractivity contribution in [1.82, 2.24) is 4.98 Å². The average molecular weight is 267 g/mol. The van der Waals surface area contributed by atoms with E-state index in [2.05, 4.69) is 4.98 Å². The summed E-state index contributed by atoms with van der Waals surface area (Å²) in [7, 11) is 1.57. The van der Waals surface area contributed by atoms with Gasteiger partial charge in [0.1, 0.15) is 18.1 Å². The number of ether oxygens (including phenoxy) is 2. The van der Waals surface area contributed by atoms with Gasteiger partial charge in [0, 0.05) is 18.0 Å². The molecule has 0 atom stereocenters. The molecule has 0 fully saturated rings. The van der Waals surface area contributed by atoms with Crippen LogP contribution >= 0.6 is 0 Å². The molecule has 0 unspecified atom stereocenters. The van der Waals surface area contributed by atoms with E-state index >= 15 is 0 Å². The summed E-state index contributed by atoms with van der Waals surface area (Å²) in [6.45, 7) is 0.278. The summed E-state index contributed by atoms with van der Waals surface area (Å²) in [6.07, 6.45) is 5.21. The number of ketones is 1. The highest BCUT2D eigenvalue weighted by atomic mass is 16.5. The molecule has 20 heavy (non-hydrogen) atoms. The van der Waals surface area contributed by atoms with Crippen molar-refractivity contribution in [2.24, 2.45) is 0 Å². The van der Waals surface area contributed by atoms with Crippen molar-refractivity contribution in [2.75, 3.05) is 13.7 Å². The molecule has 1 aliphatic rings. The first-order valence-corrected chi connectivity index (χ1v) is 6.24. The van der Waals surface area contributed by atoms with Crippen LogP contribution in [0.15, 0.2) is 48.3 Å². The van der Waals surface area contributed by atoms with Crippen LogP contribution in [-0.4, -0.2) is 24.5 Å². The Labute approximate surface area is 116 Å². The Bertz CT molecular complexity index is 677. The van der Waals surface area contributed by atoms with E-state index in [9.17, 15) is 4.79 Å². The number of aromatic nitrogens is 1. The predicted octanol–water partition coefficient (Wildman–Crippen LogP) is 2.75. The number of hydrogen-bond acceptors (Lipinski definition) is 4. The molecule has 0 radical (unpaired) electrons. The van der Waals surface area contributed by atoms with Gasteiger partial charge in [-0.2, -0.15) is 0 Å². The number of benzene rings is 1. The Morgan fingerprint density at radius 2 is 2.05 bits per heavy atom. The van der Waals surface area contributed by atoms with Crippen LogP contribution in [0.25, 0.3) is 6.08 Å². The van der Waals surface area contributed by atoms with Crippen molar-refractivity contribution in [3.63, 3.8) is 0 Å². The minimum absolute atomic E-state index is 0.0260. The molecule has 4 nitrogen and oxygen atoms in total. The van der Waals surface area contributed by atoms with Crippen molar-refractivity contribution < 1.29 is 14.3 Å². The van der Waals surface area contributed by atoms with Crippen LogP contribution in [0.4, 0.5) is 0 Å². The number of rotatable bonds is 2. The number of carbonyl (C=O) groups is 1. The Balaban J connectivity index is 1.98. The van der Waals surface area contributed by atoms with Crippen LogP contribution in [0, 0.1) is 0 Å². The molecule has 1 aliphatic heterocycles. The minimum atomic E-state index is -0.0260. The lowest BCUT2D eigenvalue weighted by atomic mass is 9.98. The highest BCUT2D eigenvalue weighted by Gasteiger charge is 2.23. The molecule has 2 aromatic rings. The standard InChI is InChI=1S/C16H13NO3/c1-19-13-2-3-15-14(9-13)16(18)12(10-20-15)8-11-4-6-17-7-5-11/h2-9H,10H2,1H3/b12-8+. The van der Waals surface area contributed by atoms with Crippen molar-refractivity contribution in [3.05, 3.63) is 59.4 Å². The number of methoxy groups -OCH3 is 1. The molecule has 0 saturated carbocycles. The summed E-state index contributed by atoms with van der Waals surface area (Å²) < 4.78 is 10.8. The molecular weight excluding hydrogens is 254 g/mol. The second-order valence-corrected chi connectivity index (χ2v) is 4.43. The Morgan fingerprint density at radius 3 is 2.80 bits per heavy atom. The van der Waals surface area contributed by atoms with Gasteiger partial charge < -0.3 is 9.47 Å². The van der Waals surface area contributed by atoms with Gasteiger partial charge in [0.2, 0.25) is 0 Å². The highest BCUT2D eigenvalue weighted by Crippen LogP contribution is 2.31. The fraction of sp³-hybridized carbons (Fsp3) is 0.125. The van der Waals surface area contributed by atoms with E-state index in [1.165, 1.54) is 0 Å². The normalized spacial score (nSPS) is 15.7. The largest absolute Gasteiger partial charge is 0.497 e. The van der Waals surface area contributed by atoms with Gasteiger partial charge in [0.15, 0.2) is 5.78 Å². The summed E-state index contributed by atoms with van der Waals surface area (Å²) in [6, 6.07) is 8.94. The monoisotopic (exact) mass is 267 g/mol. The molecule has 2 heterocycles. The van der Waals surface area contributed by atoms with Crippen molar-refractivity contribution in [2.45, 2.75) is 0 Å². The Morgan fingerprint density at radius 1 is 1.25 bits per heavy atom. The number of fused-ring (bicyclic) bond motifs is 1.